The summed E-state index contributed by atoms with van der Waals surface area (Å²) in [6.07, 6.45) is 33.8. The van der Waals surface area contributed by atoms with E-state index in [2.05, 4.69) is 33.0 Å². The van der Waals surface area contributed by atoms with Crippen LogP contribution in [0.4, 0.5) is 0 Å². The summed E-state index contributed by atoms with van der Waals surface area (Å²) >= 11 is 0. The second-order valence-electron chi connectivity index (χ2n) is 19.8. The summed E-state index contributed by atoms with van der Waals surface area (Å²) in [4.78, 5) is 25.3. The Hall–Kier alpha value is -1.19. The van der Waals surface area contributed by atoms with Gasteiger partial charge in [-0.05, 0) is 111 Å². The van der Waals surface area contributed by atoms with Crippen LogP contribution in [0.1, 0.15) is 214 Å². The smallest absolute Gasteiger partial charge is 0.306 e. The largest absolute Gasteiger partial charge is 0.462 e. The van der Waals surface area contributed by atoms with Gasteiger partial charge in [-0.15, -0.1) is 0 Å². The molecule has 0 aromatic heterocycles. The number of nitrogens with one attached hydrogen (secondary N) is 1. The van der Waals surface area contributed by atoms with E-state index in [1.165, 1.54) is 116 Å². The maximum atomic E-state index is 12.9. The van der Waals surface area contributed by atoms with E-state index in [1.807, 2.05) is 0 Å². The van der Waals surface area contributed by atoms with Gasteiger partial charge in [-0.1, -0.05) is 137 Å². The summed E-state index contributed by atoms with van der Waals surface area (Å²) in [6.45, 7) is 9.22. The molecule has 3 N–H and O–H groups in total. The first-order valence-corrected chi connectivity index (χ1v) is 25.5. The third kappa shape index (κ3) is 13.9. The number of fused-ring (bicyclic) bond motifs is 5. The molecule has 0 saturated heterocycles. The molecule has 4 saturated carbocycles. The average Bonchev–Trinajstić information content (AvgIpc) is 3.52. The van der Waals surface area contributed by atoms with Crippen molar-refractivity contribution in [2.45, 2.75) is 226 Å². The van der Waals surface area contributed by atoms with Crippen molar-refractivity contribution in [3.05, 3.63) is 0 Å². The van der Waals surface area contributed by atoms with Crippen LogP contribution >= 0.6 is 0 Å². The first-order valence-electron chi connectivity index (χ1n) is 23.9. The number of carbonyl (C=O) groups excluding carboxylic acids is 2. The molecular formula is C47H85NO7S. The van der Waals surface area contributed by atoms with Crippen LogP contribution in [-0.4, -0.2) is 54.5 Å². The van der Waals surface area contributed by atoms with Gasteiger partial charge >= 0.3 is 5.97 Å². The van der Waals surface area contributed by atoms with Gasteiger partial charge in [0.15, 0.2) is 0 Å². The van der Waals surface area contributed by atoms with E-state index < -0.39 is 15.9 Å². The Morgan fingerprint density at radius 2 is 1.32 bits per heavy atom. The summed E-state index contributed by atoms with van der Waals surface area (Å²) in [5.74, 6) is 2.06. The lowest BCUT2D eigenvalue weighted by molar-refractivity contribution is -0.181. The number of amides is 1. The predicted octanol–water partition coefficient (Wildman–Crippen LogP) is 11.4. The van der Waals surface area contributed by atoms with Gasteiger partial charge < -0.3 is 15.2 Å². The van der Waals surface area contributed by atoms with Crippen LogP contribution < -0.4 is 5.32 Å². The molecule has 4 fully saturated rings. The molecule has 4 aliphatic carbocycles. The zero-order valence-corrected chi connectivity index (χ0v) is 37.2. The lowest BCUT2D eigenvalue weighted by Crippen LogP contribution is -2.59. The van der Waals surface area contributed by atoms with Crippen LogP contribution in [0.15, 0.2) is 0 Å². The number of carbonyl (C=O) groups is 2. The topological polar surface area (TPSA) is 130 Å². The molecule has 4 aliphatic rings. The van der Waals surface area contributed by atoms with E-state index in [9.17, 15) is 23.1 Å². The van der Waals surface area contributed by atoms with E-state index in [1.54, 1.807) is 0 Å². The van der Waals surface area contributed by atoms with Gasteiger partial charge in [-0.3, -0.25) is 14.1 Å². The van der Waals surface area contributed by atoms with E-state index in [-0.39, 0.29) is 47.4 Å². The van der Waals surface area contributed by atoms with Crippen molar-refractivity contribution in [3.8, 4) is 0 Å². The zero-order chi connectivity index (χ0) is 40.6. The fourth-order valence-corrected chi connectivity index (χ4v) is 13.0. The van der Waals surface area contributed by atoms with Crippen LogP contribution in [0.2, 0.25) is 0 Å². The monoisotopic (exact) mass is 808 g/mol. The van der Waals surface area contributed by atoms with Gasteiger partial charge in [-0.2, -0.15) is 8.42 Å². The van der Waals surface area contributed by atoms with Gasteiger partial charge in [-0.25, -0.2) is 0 Å². The minimum atomic E-state index is -4.10. The molecule has 10 unspecified atom stereocenters. The Bertz CT molecular complexity index is 1270. The number of unbranched alkanes of at least 4 members (excludes halogenated alkanes) is 17. The summed E-state index contributed by atoms with van der Waals surface area (Å²) < 4.78 is 37.0. The minimum Gasteiger partial charge on any atom is -0.462 e. The Morgan fingerprint density at radius 3 is 1.89 bits per heavy atom. The van der Waals surface area contributed by atoms with Crippen molar-refractivity contribution in [2.24, 2.45) is 46.3 Å². The molecule has 0 heterocycles. The maximum absolute atomic E-state index is 12.9. The van der Waals surface area contributed by atoms with Crippen LogP contribution in [0.25, 0.3) is 0 Å². The molecule has 0 bridgehead atoms. The summed E-state index contributed by atoms with van der Waals surface area (Å²) in [7, 11) is -4.10. The lowest BCUT2D eigenvalue weighted by atomic mass is 9.43. The molecule has 8 nitrogen and oxygen atoms in total. The molecule has 4 rings (SSSR count). The Labute approximate surface area is 343 Å². The molecule has 0 spiro atoms. The number of aliphatic hydroxyl groups is 1. The summed E-state index contributed by atoms with van der Waals surface area (Å²) in [5, 5.41) is 14.6. The molecule has 0 radical (unpaired) electrons. The highest BCUT2D eigenvalue weighted by Crippen LogP contribution is 2.68. The second kappa shape index (κ2) is 23.6. The first kappa shape index (κ1) is 47.5. The Kier molecular flexibility index (Phi) is 20.0. The first-order chi connectivity index (χ1) is 26.8. The van der Waals surface area contributed by atoms with Crippen LogP contribution in [0.3, 0.4) is 0 Å². The number of rotatable bonds is 27. The van der Waals surface area contributed by atoms with E-state index in [0.717, 1.165) is 51.4 Å². The average molecular weight is 808 g/mol. The Balaban J connectivity index is 1.08. The Morgan fingerprint density at radius 1 is 0.750 bits per heavy atom. The second-order valence-corrected chi connectivity index (χ2v) is 21.3. The van der Waals surface area contributed by atoms with Crippen molar-refractivity contribution in [3.63, 3.8) is 0 Å². The SMILES string of the molecule is CCCCCCCCCCCCCCCCCCCCC(=O)OC1CCC2(C)C(CCC3C2CC(O)C2(C)C(C(C)CCC(=O)NCCS(=O)(=O)O)CCC32)C1. The van der Waals surface area contributed by atoms with Gasteiger partial charge in [0.25, 0.3) is 10.1 Å². The van der Waals surface area contributed by atoms with E-state index in [0.29, 0.717) is 48.9 Å². The highest BCUT2D eigenvalue weighted by atomic mass is 32.2. The number of ether oxygens (including phenoxy) is 1. The van der Waals surface area contributed by atoms with Crippen LogP contribution in [-0.2, 0) is 24.4 Å². The van der Waals surface area contributed by atoms with Gasteiger partial charge in [0.1, 0.15) is 6.10 Å². The standard InChI is InChI=1S/C47H85NO7S/c1-5-6-7-8-9-10-11-12-13-14-15-16-17-18-19-20-21-22-23-45(51)55-38-30-31-46(3)37(34-38)25-26-39-41-28-27-40(47(41,4)43(49)35-42(39)46)36(2)24-29-44(50)48-32-33-56(52,53)54/h36-43,49H,5-35H2,1-4H3,(H,48,50)(H,52,53,54). The quantitative estimate of drug-likeness (QED) is 0.0428. The molecule has 10 atom stereocenters. The molecule has 0 aromatic carbocycles. The van der Waals surface area contributed by atoms with Crippen molar-refractivity contribution >= 4 is 22.0 Å². The van der Waals surface area contributed by atoms with Crippen LogP contribution in [0, 0.1) is 46.3 Å². The molecule has 0 aromatic rings. The highest BCUT2D eigenvalue weighted by Gasteiger charge is 2.63. The van der Waals surface area contributed by atoms with Gasteiger partial charge in [0, 0.05) is 19.4 Å². The molecular weight excluding hydrogens is 723 g/mol. The molecule has 56 heavy (non-hydrogen) atoms. The highest BCUT2D eigenvalue weighted by molar-refractivity contribution is 7.85. The molecule has 326 valence electrons. The molecule has 0 aliphatic heterocycles. The van der Waals surface area contributed by atoms with Crippen molar-refractivity contribution in [1.29, 1.82) is 0 Å². The predicted molar refractivity (Wildman–Crippen MR) is 228 cm³/mol. The van der Waals surface area contributed by atoms with Crippen LogP contribution in [0.5, 0.6) is 0 Å². The number of hydrogen-bond donors (Lipinski definition) is 3. The summed E-state index contributed by atoms with van der Waals surface area (Å²) in [6, 6.07) is 0. The normalized spacial score (nSPS) is 31.9. The third-order valence-corrected chi connectivity index (χ3v) is 16.7. The van der Waals surface area contributed by atoms with Gasteiger partial charge in [0.2, 0.25) is 5.91 Å². The summed E-state index contributed by atoms with van der Waals surface area (Å²) in [5.41, 5.74) is 0.00927. The van der Waals surface area contributed by atoms with Crippen molar-refractivity contribution in [2.75, 3.05) is 12.3 Å². The van der Waals surface area contributed by atoms with E-state index in [4.69, 9.17) is 9.29 Å². The fourth-order valence-electron chi connectivity index (χ4n) is 12.6. The fraction of sp³-hybridized carbons (Fsp3) is 0.957. The van der Waals surface area contributed by atoms with Crippen molar-refractivity contribution in [1.82, 2.24) is 5.32 Å². The number of aliphatic hydroxyl groups excluding tert-OH is 1. The van der Waals surface area contributed by atoms with E-state index >= 15 is 0 Å². The lowest BCUT2D eigenvalue weighted by Gasteiger charge is -2.62. The minimum absolute atomic E-state index is 0.00524. The maximum Gasteiger partial charge on any atom is 0.306 e. The molecule has 9 heteroatoms. The third-order valence-electron chi connectivity index (χ3n) is 16.0. The van der Waals surface area contributed by atoms with Crippen molar-refractivity contribution < 1.29 is 32.4 Å². The zero-order valence-electron chi connectivity index (χ0n) is 36.4. The number of esters is 1. The number of hydrogen-bond acceptors (Lipinski definition) is 6. The molecule has 1 amide bonds. The van der Waals surface area contributed by atoms with Gasteiger partial charge in [0.05, 0.1) is 11.9 Å².